The third-order valence-corrected chi connectivity index (χ3v) is 7.61. The summed E-state index contributed by atoms with van der Waals surface area (Å²) in [6, 6.07) is 7.85. The van der Waals surface area contributed by atoms with E-state index in [1.807, 2.05) is 19.1 Å². The average Bonchev–Trinajstić information content (AvgIpc) is 3.11. The summed E-state index contributed by atoms with van der Waals surface area (Å²) in [5, 5.41) is 3.15. The number of ether oxygens (including phenoxy) is 1. The van der Waals surface area contributed by atoms with Gasteiger partial charge >= 0.3 is 0 Å². The summed E-state index contributed by atoms with van der Waals surface area (Å²) < 4.78 is 33.2. The van der Waals surface area contributed by atoms with Crippen LogP contribution in [0.1, 0.15) is 29.5 Å². The van der Waals surface area contributed by atoms with E-state index in [9.17, 15) is 13.2 Å². The minimum Gasteiger partial charge on any atom is -0.495 e. The maximum absolute atomic E-state index is 13.4. The van der Waals surface area contributed by atoms with Crippen LogP contribution in [0.25, 0.3) is 0 Å². The molecule has 1 aliphatic heterocycles. The molecule has 3 rings (SSSR count). The monoisotopic (exact) mass is 436 g/mol. The Morgan fingerprint density at radius 3 is 2.41 bits per heavy atom. The second-order valence-corrected chi connectivity index (χ2v) is 9.57. The van der Waals surface area contributed by atoms with Gasteiger partial charge in [-0.25, -0.2) is 8.42 Å². The number of carbonyl (C=O) groups is 1. The summed E-state index contributed by atoms with van der Waals surface area (Å²) in [6.07, 6.45) is 1.10. The first-order valence-electron chi connectivity index (χ1n) is 9.39. The molecule has 2 aromatic carbocycles. The van der Waals surface area contributed by atoms with Crippen molar-refractivity contribution in [2.24, 2.45) is 0 Å². The maximum Gasteiger partial charge on any atom is 0.244 e. The fraction of sp³-hybridized carbons (Fsp3) is 0.381. The number of methoxy groups -OCH3 is 1. The number of rotatable bonds is 5. The molecule has 1 atom stereocenters. The summed E-state index contributed by atoms with van der Waals surface area (Å²) in [5.74, 6) is 0.134. The van der Waals surface area contributed by atoms with Gasteiger partial charge in [0.15, 0.2) is 0 Å². The van der Waals surface area contributed by atoms with Crippen molar-refractivity contribution in [1.29, 1.82) is 0 Å². The number of aryl methyl sites for hydroxylation is 3. The van der Waals surface area contributed by atoms with Crippen molar-refractivity contribution in [3.8, 4) is 5.75 Å². The Hall–Kier alpha value is -2.09. The fourth-order valence-corrected chi connectivity index (χ4v) is 6.28. The molecule has 1 amide bonds. The van der Waals surface area contributed by atoms with E-state index in [0.717, 1.165) is 5.56 Å². The van der Waals surface area contributed by atoms with Gasteiger partial charge in [0.1, 0.15) is 11.8 Å². The van der Waals surface area contributed by atoms with Gasteiger partial charge in [0, 0.05) is 12.2 Å². The van der Waals surface area contributed by atoms with Crippen LogP contribution in [0.3, 0.4) is 0 Å². The smallest absolute Gasteiger partial charge is 0.244 e. The number of halogens is 1. The third kappa shape index (κ3) is 4.27. The second-order valence-electron chi connectivity index (χ2n) is 7.34. The number of carbonyl (C=O) groups excluding carboxylic acids is 1. The SMILES string of the molecule is COc1ccc(NC(=O)C2CCCN2S(=O)(=O)c2c(C)cc(C)cc2C)cc1Cl. The van der Waals surface area contributed by atoms with Gasteiger partial charge in [-0.05, 0) is 62.9 Å². The Morgan fingerprint density at radius 1 is 1.17 bits per heavy atom. The molecule has 29 heavy (non-hydrogen) atoms. The molecule has 0 spiro atoms. The fourth-order valence-electron chi connectivity index (χ4n) is 3.95. The van der Waals surface area contributed by atoms with E-state index >= 15 is 0 Å². The minimum atomic E-state index is -3.80. The molecule has 0 aromatic heterocycles. The largest absolute Gasteiger partial charge is 0.495 e. The summed E-state index contributed by atoms with van der Waals surface area (Å²) in [7, 11) is -2.29. The van der Waals surface area contributed by atoms with Gasteiger partial charge in [-0.1, -0.05) is 29.3 Å². The van der Waals surface area contributed by atoms with Crippen molar-refractivity contribution < 1.29 is 17.9 Å². The van der Waals surface area contributed by atoms with E-state index in [0.29, 0.717) is 47.0 Å². The van der Waals surface area contributed by atoms with Crippen molar-refractivity contribution in [3.05, 3.63) is 52.0 Å². The minimum absolute atomic E-state index is 0.287. The van der Waals surface area contributed by atoms with Crippen LogP contribution < -0.4 is 10.1 Å². The van der Waals surface area contributed by atoms with Crippen LogP contribution in [-0.4, -0.2) is 38.3 Å². The van der Waals surface area contributed by atoms with Crippen molar-refractivity contribution in [2.45, 2.75) is 44.6 Å². The number of nitrogens with one attached hydrogen (secondary N) is 1. The number of amides is 1. The average molecular weight is 437 g/mol. The van der Waals surface area contributed by atoms with Crippen molar-refractivity contribution in [3.63, 3.8) is 0 Å². The predicted molar refractivity (Wildman–Crippen MR) is 114 cm³/mol. The molecule has 1 N–H and O–H groups in total. The van der Waals surface area contributed by atoms with Crippen LogP contribution >= 0.6 is 11.6 Å². The van der Waals surface area contributed by atoms with Crippen LogP contribution in [0.15, 0.2) is 35.2 Å². The molecule has 0 radical (unpaired) electrons. The van der Waals surface area contributed by atoms with Crippen LogP contribution in [0.2, 0.25) is 5.02 Å². The predicted octanol–water partition coefficient (Wildman–Crippen LogP) is 4.07. The van der Waals surface area contributed by atoms with Gasteiger partial charge in [-0.3, -0.25) is 4.79 Å². The Morgan fingerprint density at radius 2 is 1.83 bits per heavy atom. The number of anilines is 1. The van der Waals surface area contributed by atoms with Crippen molar-refractivity contribution in [1.82, 2.24) is 4.31 Å². The number of hydrogen-bond donors (Lipinski definition) is 1. The van der Waals surface area contributed by atoms with E-state index in [2.05, 4.69) is 5.32 Å². The highest BCUT2D eigenvalue weighted by Gasteiger charge is 2.40. The van der Waals surface area contributed by atoms with Gasteiger partial charge in [0.25, 0.3) is 0 Å². The van der Waals surface area contributed by atoms with Crippen molar-refractivity contribution >= 4 is 33.2 Å². The maximum atomic E-state index is 13.4. The highest BCUT2D eigenvalue weighted by atomic mass is 35.5. The molecule has 1 fully saturated rings. The zero-order valence-corrected chi connectivity index (χ0v) is 18.5. The zero-order valence-electron chi connectivity index (χ0n) is 17.0. The molecule has 8 heteroatoms. The molecule has 6 nitrogen and oxygen atoms in total. The summed E-state index contributed by atoms with van der Waals surface area (Å²) >= 11 is 6.12. The topological polar surface area (TPSA) is 75.7 Å². The zero-order chi connectivity index (χ0) is 21.3. The lowest BCUT2D eigenvalue weighted by Gasteiger charge is -2.25. The van der Waals surface area contributed by atoms with Gasteiger partial charge in [0.2, 0.25) is 15.9 Å². The van der Waals surface area contributed by atoms with Crippen LogP contribution in [0, 0.1) is 20.8 Å². The first kappa shape index (κ1) is 21.6. The molecular formula is C21H25ClN2O4S. The van der Waals surface area contributed by atoms with E-state index < -0.39 is 16.1 Å². The Kier molecular flexibility index (Phi) is 6.22. The molecule has 0 saturated carbocycles. The number of hydrogen-bond acceptors (Lipinski definition) is 4. The van der Waals surface area contributed by atoms with Crippen LogP contribution in [-0.2, 0) is 14.8 Å². The van der Waals surface area contributed by atoms with Crippen LogP contribution in [0.5, 0.6) is 5.75 Å². The molecular weight excluding hydrogens is 412 g/mol. The van der Waals surface area contributed by atoms with Gasteiger partial charge in [0.05, 0.1) is 17.0 Å². The van der Waals surface area contributed by atoms with E-state index in [1.54, 1.807) is 32.0 Å². The molecule has 1 saturated heterocycles. The lowest BCUT2D eigenvalue weighted by molar-refractivity contribution is -0.119. The molecule has 2 aromatic rings. The lowest BCUT2D eigenvalue weighted by Crippen LogP contribution is -2.43. The third-order valence-electron chi connectivity index (χ3n) is 5.10. The molecule has 0 aliphatic carbocycles. The van der Waals surface area contributed by atoms with E-state index in [1.165, 1.54) is 11.4 Å². The van der Waals surface area contributed by atoms with E-state index in [4.69, 9.17) is 16.3 Å². The van der Waals surface area contributed by atoms with Gasteiger partial charge in [-0.2, -0.15) is 4.31 Å². The molecule has 156 valence electrons. The Bertz CT molecular complexity index is 1030. The normalized spacial score (nSPS) is 17.3. The Balaban J connectivity index is 1.88. The Labute approximate surface area is 176 Å². The molecule has 1 heterocycles. The first-order chi connectivity index (χ1) is 13.6. The lowest BCUT2D eigenvalue weighted by atomic mass is 10.1. The summed E-state index contributed by atoms with van der Waals surface area (Å²) in [6.45, 7) is 5.83. The highest BCUT2D eigenvalue weighted by molar-refractivity contribution is 7.89. The number of sulfonamides is 1. The van der Waals surface area contributed by atoms with E-state index in [-0.39, 0.29) is 10.8 Å². The quantitative estimate of drug-likeness (QED) is 0.766. The first-order valence-corrected chi connectivity index (χ1v) is 11.2. The van der Waals surface area contributed by atoms with Crippen LogP contribution in [0.4, 0.5) is 5.69 Å². The van der Waals surface area contributed by atoms with Crippen molar-refractivity contribution in [2.75, 3.05) is 19.0 Å². The molecule has 0 bridgehead atoms. The van der Waals surface area contributed by atoms with Gasteiger partial charge in [-0.15, -0.1) is 0 Å². The number of benzene rings is 2. The standard InChI is InChI=1S/C21H25ClN2O4S/c1-13-10-14(2)20(15(3)11-13)29(26,27)24-9-5-6-18(24)21(25)23-16-7-8-19(28-4)17(22)12-16/h7-8,10-12,18H,5-6,9H2,1-4H3,(H,23,25). The number of nitrogens with zero attached hydrogens (tertiary/aromatic N) is 1. The highest BCUT2D eigenvalue weighted by Crippen LogP contribution is 2.32. The molecule has 1 aliphatic rings. The summed E-state index contributed by atoms with van der Waals surface area (Å²) in [5.41, 5.74) is 2.88. The molecule has 1 unspecified atom stereocenters. The van der Waals surface area contributed by atoms with Gasteiger partial charge < -0.3 is 10.1 Å². The summed E-state index contributed by atoms with van der Waals surface area (Å²) in [4.78, 5) is 13.2. The second kappa shape index (κ2) is 8.34.